The molecule has 0 aromatic heterocycles. The van der Waals surface area contributed by atoms with Gasteiger partial charge in [-0.1, -0.05) is 0 Å². The van der Waals surface area contributed by atoms with Crippen LogP contribution in [0.3, 0.4) is 0 Å². The number of nitrogens with one attached hydrogen (secondary N) is 1. The Morgan fingerprint density at radius 3 is 2.20 bits per heavy atom. The molecule has 0 spiro atoms. The van der Waals surface area contributed by atoms with Gasteiger partial charge in [-0.15, -0.1) is 0 Å². The van der Waals surface area contributed by atoms with Crippen molar-refractivity contribution in [2.75, 3.05) is 0 Å². The van der Waals surface area contributed by atoms with Crippen LogP contribution >= 0.6 is 22.6 Å². The summed E-state index contributed by atoms with van der Waals surface area (Å²) < 4.78 is -0.470. The normalized spacial score (nSPS) is 6.80. The van der Waals surface area contributed by atoms with Crippen molar-refractivity contribution >= 4 is 26.5 Å². The van der Waals surface area contributed by atoms with Gasteiger partial charge >= 0.3 is 3.91 Å². The van der Waals surface area contributed by atoms with Crippen LogP contribution in [0.5, 0.6) is 0 Å². The summed E-state index contributed by atoms with van der Waals surface area (Å²) in [5.74, 6) is 0. The number of carbonyl (C=O) groups is 1. The fourth-order valence-electron chi connectivity index (χ4n) is 0. The monoisotopic (exact) mass is 187 g/mol. The fraction of sp³-hybridized carbons (Fsp3) is 0. The first kappa shape index (κ1) is 5.16. The topological polar surface area (TPSA) is 49.3 Å². The molecule has 0 saturated heterocycles. The summed E-state index contributed by atoms with van der Waals surface area (Å²) in [5, 5.41) is 7.54. The molecule has 0 unspecified atom stereocenters. The molecule has 0 bridgehead atoms. The highest BCUT2D eigenvalue weighted by molar-refractivity contribution is 14.1. The van der Waals surface area contributed by atoms with Gasteiger partial charge in [0.25, 0.3) is 0 Å². The second-order valence-electron chi connectivity index (χ2n) is 0.386. The summed E-state index contributed by atoms with van der Waals surface area (Å²) in [6.45, 7) is 0. The van der Waals surface area contributed by atoms with Crippen LogP contribution < -0.4 is 5.48 Å². The highest BCUT2D eigenvalue weighted by Gasteiger charge is 1.78. The third-order valence-corrected chi connectivity index (χ3v) is 0.329. The predicted octanol–water partition coefficient (Wildman–Crippen LogP) is 0.520. The molecule has 30 valence electrons. The summed E-state index contributed by atoms with van der Waals surface area (Å²) >= 11 is 1.41. The predicted molar refractivity (Wildman–Crippen MR) is 24.3 cm³/mol. The van der Waals surface area contributed by atoms with E-state index in [-0.39, 0.29) is 0 Å². The van der Waals surface area contributed by atoms with Gasteiger partial charge in [0.05, 0.1) is 0 Å². The summed E-state index contributed by atoms with van der Waals surface area (Å²) in [5.41, 5.74) is 1.38. The van der Waals surface area contributed by atoms with E-state index in [0.29, 0.717) is 0 Å². The Morgan fingerprint density at radius 1 is 2.00 bits per heavy atom. The number of amides is 1. The summed E-state index contributed by atoms with van der Waals surface area (Å²) in [4.78, 5) is 9.44. The van der Waals surface area contributed by atoms with Crippen molar-refractivity contribution in [3.8, 4) is 0 Å². The number of carbonyl (C=O) groups excluding carboxylic acids is 1. The Kier molecular flexibility index (Phi) is 2.48. The molecule has 0 aliphatic carbocycles. The van der Waals surface area contributed by atoms with Crippen LogP contribution in [-0.4, -0.2) is 9.12 Å². The SMILES string of the molecule is O=C(I)NO. The van der Waals surface area contributed by atoms with Crippen molar-refractivity contribution in [3.05, 3.63) is 0 Å². The number of rotatable bonds is 0. The average Bonchev–Trinajstić information content (AvgIpc) is 1.38. The molecule has 0 aromatic carbocycles. The lowest BCUT2D eigenvalue weighted by atomic mass is 11.5. The van der Waals surface area contributed by atoms with Crippen LogP contribution in [-0.2, 0) is 0 Å². The van der Waals surface area contributed by atoms with Crippen LogP contribution in [0.15, 0.2) is 0 Å². The van der Waals surface area contributed by atoms with Gasteiger partial charge in [0.15, 0.2) is 0 Å². The molecule has 0 atom stereocenters. The second-order valence-corrected chi connectivity index (χ2v) is 1.37. The third-order valence-electron chi connectivity index (χ3n) is 0.0879. The van der Waals surface area contributed by atoms with Crippen LogP contribution in [0, 0.1) is 0 Å². The molecule has 0 rings (SSSR count). The molecule has 5 heavy (non-hydrogen) atoms. The highest BCUT2D eigenvalue weighted by atomic mass is 127. The molecule has 0 fully saturated rings. The number of halogens is 1. The molecule has 0 saturated carbocycles. The van der Waals surface area contributed by atoms with E-state index < -0.39 is 3.91 Å². The first-order valence-electron chi connectivity index (χ1n) is 0.867. The quantitative estimate of drug-likeness (QED) is 0.191. The zero-order valence-electron chi connectivity index (χ0n) is 2.23. The van der Waals surface area contributed by atoms with Gasteiger partial charge < -0.3 is 0 Å². The lowest BCUT2D eigenvalue weighted by Crippen LogP contribution is -2.07. The Hall–Kier alpha value is 0.160. The van der Waals surface area contributed by atoms with Crippen molar-refractivity contribution in [3.63, 3.8) is 0 Å². The molecule has 0 aliphatic rings. The Labute approximate surface area is 42.5 Å². The lowest BCUT2D eigenvalue weighted by Gasteiger charge is -1.76. The first-order chi connectivity index (χ1) is 2.27. The molecule has 0 aliphatic heterocycles. The maximum Gasteiger partial charge on any atom is 0.303 e. The zero-order valence-corrected chi connectivity index (χ0v) is 4.39. The lowest BCUT2D eigenvalue weighted by molar-refractivity contribution is 0.183. The first-order valence-corrected chi connectivity index (χ1v) is 1.95. The molecule has 0 heterocycles. The molecule has 0 aromatic rings. The standard InChI is InChI=1S/CH2INO2/c2-1(4)3-5/h5H,(H,3,4). The van der Waals surface area contributed by atoms with E-state index in [4.69, 9.17) is 5.21 Å². The van der Waals surface area contributed by atoms with Crippen molar-refractivity contribution in [2.24, 2.45) is 0 Å². The molecule has 2 N–H and O–H groups in total. The third kappa shape index (κ3) is 4.16. The van der Waals surface area contributed by atoms with Crippen molar-refractivity contribution < 1.29 is 10.0 Å². The smallest absolute Gasteiger partial charge is 0.288 e. The van der Waals surface area contributed by atoms with E-state index in [0.717, 1.165) is 0 Å². The van der Waals surface area contributed by atoms with Gasteiger partial charge in [0.2, 0.25) is 0 Å². The molecule has 0 radical (unpaired) electrons. The number of hydroxylamine groups is 1. The number of hydrogen-bond donors (Lipinski definition) is 2. The fourth-order valence-corrected chi connectivity index (χ4v) is 0. The van der Waals surface area contributed by atoms with E-state index >= 15 is 0 Å². The van der Waals surface area contributed by atoms with Gasteiger partial charge in [-0.2, -0.15) is 0 Å². The number of hydrogen-bond acceptors (Lipinski definition) is 2. The molecule has 4 heteroatoms. The summed E-state index contributed by atoms with van der Waals surface area (Å²) in [7, 11) is 0. The van der Waals surface area contributed by atoms with Crippen LogP contribution in [0.2, 0.25) is 0 Å². The van der Waals surface area contributed by atoms with Gasteiger partial charge in [-0.3, -0.25) is 10.0 Å². The van der Waals surface area contributed by atoms with Gasteiger partial charge in [0.1, 0.15) is 0 Å². The van der Waals surface area contributed by atoms with E-state index in [1.165, 1.54) is 28.1 Å². The maximum absolute atomic E-state index is 9.44. The highest BCUT2D eigenvalue weighted by Crippen LogP contribution is 1.76. The summed E-state index contributed by atoms with van der Waals surface area (Å²) in [6.07, 6.45) is 0. The van der Waals surface area contributed by atoms with Crippen molar-refractivity contribution in [2.45, 2.75) is 0 Å². The Bertz CT molecular complexity index is 44.9. The van der Waals surface area contributed by atoms with E-state index in [2.05, 4.69) is 0 Å². The summed E-state index contributed by atoms with van der Waals surface area (Å²) in [6, 6.07) is 0. The molecule has 1 amide bonds. The van der Waals surface area contributed by atoms with Gasteiger partial charge in [-0.25, -0.2) is 5.48 Å². The van der Waals surface area contributed by atoms with Gasteiger partial charge in [-0.05, 0) is 0 Å². The van der Waals surface area contributed by atoms with Crippen LogP contribution in [0.4, 0.5) is 4.79 Å². The van der Waals surface area contributed by atoms with Crippen LogP contribution in [0.1, 0.15) is 0 Å². The maximum atomic E-state index is 9.44. The minimum atomic E-state index is -0.470. The van der Waals surface area contributed by atoms with E-state index in [1.54, 1.807) is 0 Å². The Morgan fingerprint density at radius 2 is 2.20 bits per heavy atom. The van der Waals surface area contributed by atoms with E-state index in [9.17, 15) is 4.79 Å². The Balaban J connectivity index is 2.85. The minimum absolute atomic E-state index is 0.470. The molecule has 3 nitrogen and oxygen atoms in total. The second kappa shape index (κ2) is 2.40. The van der Waals surface area contributed by atoms with E-state index in [1.807, 2.05) is 0 Å². The average molecular weight is 187 g/mol. The molecular weight excluding hydrogens is 185 g/mol. The minimum Gasteiger partial charge on any atom is -0.288 e. The van der Waals surface area contributed by atoms with Crippen molar-refractivity contribution in [1.29, 1.82) is 0 Å². The van der Waals surface area contributed by atoms with Gasteiger partial charge in [0, 0.05) is 22.6 Å². The van der Waals surface area contributed by atoms with Crippen molar-refractivity contribution in [1.82, 2.24) is 5.48 Å². The zero-order chi connectivity index (χ0) is 4.28. The largest absolute Gasteiger partial charge is 0.303 e. The molecular formula is CH2INO2. The van der Waals surface area contributed by atoms with Crippen LogP contribution in [0.25, 0.3) is 0 Å².